The summed E-state index contributed by atoms with van der Waals surface area (Å²) in [5, 5.41) is 11.6. The van der Waals surface area contributed by atoms with Gasteiger partial charge in [0.05, 0.1) is 19.6 Å². The number of rotatable bonds is 8. The number of halogens is 1. The molecule has 0 aliphatic carbocycles. The van der Waals surface area contributed by atoms with Crippen molar-refractivity contribution < 1.29 is 9.13 Å². The van der Waals surface area contributed by atoms with Crippen LogP contribution in [-0.4, -0.2) is 45.8 Å². The van der Waals surface area contributed by atoms with Gasteiger partial charge in [0.1, 0.15) is 12.4 Å². The number of hydrogen-bond acceptors (Lipinski definition) is 4. The largest absolute Gasteiger partial charge is 0.489 e. The molecule has 0 spiro atoms. The van der Waals surface area contributed by atoms with Crippen LogP contribution in [0.1, 0.15) is 17.2 Å². The van der Waals surface area contributed by atoms with E-state index in [1.165, 1.54) is 6.07 Å². The molecule has 0 fully saturated rings. The van der Waals surface area contributed by atoms with Crippen LogP contribution in [0.3, 0.4) is 0 Å². The van der Waals surface area contributed by atoms with E-state index >= 15 is 0 Å². The van der Waals surface area contributed by atoms with Crippen LogP contribution in [0.15, 0.2) is 59.6 Å². The van der Waals surface area contributed by atoms with Gasteiger partial charge in [-0.05, 0) is 24.6 Å². The average molecular weight is 410 g/mol. The molecule has 0 aliphatic heterocycles. The van der Waals surface area contributed by atoms with E-state index in [1.807, 2.05) is 60.8 Å². The smallest absolute Gasteiger partial charge is 0.194 e. The molecule has 0 amide bonds. The Hall–Kier alpha value is -3.42. The van der Waals surface area contributed by atoms with Gasteiger partial charge >= 0.3 is 0 Å². The second kappa shape index (κ2) is 10.4. The Morgan fingerprint density at radius 1 is 1.13 bits per heavy atom. The van der Waals surface area contributed by atoms with Crippen molar-refractivity contribution in [3.8, 4) is 5.75 Å². The third-order valence-electron chi connectivity index (χ3n) is 4.72. The van der Waals surface area contributed by atoms with Gasteiger partial charge in [0.2, 0.25) is 0 Å². The zero-order valence-corrected chi connectivity index (χ0v) is 17.5. The van der Waals surface area contributed by atoms with Crippen molar-refractivity contribution in [3.05, 3.63) is 77.6 Å². The summed E-state index contributed by atoms with van der Waals surface area (Å²) in [6.45, 7) is 3.80. The van der Waals surface area contributed by atoms with Crippen LogP contribution in [-0.2, 0) is 20.1 Å². The Kier molecular flexibility index (Phi) is 7.37. The fraction of sp³-hybridized carbons (Fsp3) is 0.318. The van der Waals surface area contributed by atoms with Crippen molar-refractivity contribution in [2.75, 3.05) is 20.2 Å². The predicted octanol–water partition coefficient (Wildman–Crippen LogP) is 2.92. The minimum Gasteiger partial charge on any atom is -0.489 e. The summed E-state index contributed by atoms with van der Waals surface area (Å²) >= 11 is 0. The number of nitrogens with one attached hydrogen (secondary N) is 1. The van der Waals surface area contributed by atoms with Gasteiger partial charge in [0.15, 0.2) is 23.4 Å². The highest BCUT2D eigenvalue weighted by atomic mass is 19.1. The van der Waals surface area contributed by atoms with Crippen LogP contribution >= 0.6 is 0 Å². The van der Waals surface area contributed by atoms with E-state index in [-0.39, 0.29) is 11.6 Å². The van der Waals surface area contributed by atoms with Gasteiger partial charge in [-0.2, -0.15) is 0 Å². The molecule has 1 heterocycles. The monoisotopic (exact) mass is 410 g/mol. The summed E-state index contributed by atoms with van der Waals surface area (Å²) < 4.78 is 21.3. The number of guanidine groups is 1. The highest BCUT2D eigenvalue weighted by Crippen LogP contribution is 2.15. The summed E-state index contributed by atoms with van der Waals surface area (Å²) in [6.07, 6.45) is 0. The van der Waals surface area contributed by atoms with Crippen molar-refractivity contribution in [1.82, 2.24) is 25.0 Å². The number of aliphatic imine (C=N–C) groups is 1. The fourth-order valence-corrected chi connectivity index (χ4v) is 2.78. The second-order valence-electron chi connectivity index (χ2n) is 6.90. The van der Waals surface area contributed by atoms with Gasteiger partial charge in [0, 0.05) is 14.1 Å². The molecule has 0 bridgehead atoms. The lowest BCUT2D eigenvalue weighted by atomic mass is 10.2. The Morgan fingerprint density at radius 3 is 2.57 bits per heavy atom. The highest BCUT2D eigenvalue weighted by molar-refractivity contribution is 5.79. The van der Waals surface area contributed by atoms with Crippen LogP contribution in [0.5, 0.6) is 5.75 Å². The number of benzene rings is 2. The molecular weight excluding hydrogens is 383 g/mol. The molecule has 30 heavy (non-hydrogen) atoms. The van der Waals surface area contributed by atoms with Gasteiger partial charge < -0.3 is 19.5 Å². The molecule has 1 aromatic heterocycles. The van der Waals surface area contributed by atoms with E-state index in [0.29, 0.717) is 32.2 Å². The molecule has 7 nitrogen and oxygen atoms in total. The Labute approximate surface area is 176 Å². The van der Waals surface area contributed by atoms with E-state index in [2.05, 4.69) is 15.5 Å². The Morgan fingerprint density at radius 2 is 1.87 bits per heavy atom. The first-order chi connectivity index (χ1) is 14.5. The van der Waals surface area contributed by atoms with E-state index in [4.69, 9.17) is 9.73 Å². The molecule has 158 valence electrons. The minimum absolute atomic E-state index is 0.246. The number of nitrogens with zero attached hydrogens (tertiary/aromatic N) is 5. The maximum Gasteiger partial charge on any atom is 0.194 e. The van der Waals surface area contributed by atoms with Gasteiger partial charge in [-0.15, -0.1) is 10.2 Å². The van der Waals surface area contributed by atoms with Gasteiger partial charge in [-0.3, -0.25) is 0 Å². The summed E-state index contributed by atoms with van der Waals surface area (Å²) in [5.74, 6) is 2.25. The molecule has 0 radical (unpaired) electrons. The van der Waals surface area contributed by atoms with Crippen LogP contribution < -0.4 is 10.1 Å². The summed E-state index contributed by atoms with van der Waals surface area (Å²) in [6, 6.07) is 16.4. The van der Waals surface area contributed by atoms with E-state index in [9.17, 15) is 4.39 Å². The lowest BCUT2D eigenvalue weighted by molar-refractivity contribution is 0.270. The van der Waals surface area contributed by atoms with E-state index in [0.717, 1.165) is 17.2 Å². The standard InChI is InChI=1S/C22H27FN6O/c1-17-26-27-21(29(17)3)16-25-22(24-15-18-9-5-4-6-10-18)28(2)13-14-30-20-12-8-7-11-19(20)23/h4-12H,13-16H2,1-3H3,(H,24,25). The van der Waals surface area contributed by atoms with Crippen molar-refractivity contribution in [1.29, 1.82) is 0 Å². The third kappa shape index (κ3) is 5.79. The van der Waals surface area contributed by atoms with Crippen molar-refractivity contribution >= 4 is 5.96 Å². The molecule has 0 saturated carbocycles. The van der Waals surface area contributed by atoms with Crippen molar-refractivity contribution in [2.45, 2.75) is 20.0 Å². The Bertz CT molecular complexity index is 973. The van der Waals surface area contributed by atoms with Crippen LogP contribution in [0, 0.1) is 12.7 Å². The van der Waals surface area contributed by atoms with Crippen LogP contribution in [0.2, 0.25) is 0 Å². The number of aromatic nitrogens is 3. The number of likely N-dealkylation sites (N-methyl/N-ethyl adjacent to an activating group) is 1. The van der Waals surface area contributed by atoms with Crippen molar-refractivity contribution in [3.63, 3.8) is 0 Å². The van der Waals surface area contributed by atoms with Gasteiger partial charge in [-0.25, -0.2) is 9.38 Å². The zero-order valence-electron chi connectivity index (χ0n) is 17.5. The topological polar surface area (TPSA) is 67.6 Å². The summed E-state index contributed by atoms with van der Waals surface area (Å²) in [5.41, 5.74) is 1.11. The molecule has 3 aromatic rings. The molecule has 0 unspecified atom stereocenters. The first kappa shape index (κ1) is 21.3. The molecule has 2 aromatic carbocycles. The lowest BCUT2D eigenvalue weighted by Gasteiger charge is -2.22. The quantitative estimate of drug-likeness (QED) is 0.457. The Balaban J connectivity index is 1.64. The first-order valence-corrected chi connectivity index (χ1v) is 9.80. The normalized spacial score (nSPS) is 11.4. The van der Waals surface area contributed by atoms with Gasteiger partial charge in [0.25, 0.3) is 0 Å². The molecule has 3 rings (SSSR count). The molecule has 0 saturated heterocycles. The maximum absolute atomic E-state index is 13.7. The predicted molar refractivity (Wildman–Crippen MR) is 115 cm³/mol. The molecule has 0 aliphatic rings. The molecular formula is C22H27FN6O. The lowest BCUT2D eigenvalue weighted by Crippen LogP contribution is -2.41. The highest BCUT2D eigenvalue weighted by Gasteiger charge is 2.11. The third-order valence-corrected chi connectivity index (χ3v) is 4.72. The fourth-order valence-electron chi connectivity index (χ4n) is 2.78. The average Bonchev–Trinajstić information content (AvgIpc) is 3.08. The van der Waals surface area contributed by atoms with E-state index in [1.54, 1.807) is 18.2 Å². The number of aryl methyl sites for hydroxylation is 1. The van der Waals surface area contributed by atoms with Crippen molar-refractivity contribution in [2.24, 2.45) is 12.0 Å². The first-order valence-electron chi connectivity index (χ1n) is 9.80. The minimum atomic E-state index is -0.367. The van der Waals surface area contributed by atoms with Crippen LogP contribution in [0.25, 0.3) is 0 Å². The number of para-hydroxylation sites is 1. The zero-order chi connectivity index (χ0) is 21.3. The SMILES string of the molecule is Cc1nnc(CNC(=NCc2ccccc2)N(C)CCOc2ccccc2F)n1C. The molecule has 8 heteroatoms. The second-order valence-corrected chi connectivity index (χ2v) is 6.90. The van der Waals surface area contributed by atoms with Gasteiger partial charge in [-0.1, -0.05) is 42.5 Å². The number of ether oxygens (including phenoxy) is 1. The summed E-state index contributed by atoms with van der Waals surface area (Å²) in [4.78, 5) is 6.68. The maximum atomic E-state index is 13.7. The molecule has 0 atom stereocenters. The number of hydrogen-bond donors (Lipinski definition) is 1. The van der Waals surface area contributed by atoms with Crippen LogP contribution in [0.4, 0.5) is 4.39 Å². The van der Waals surface area contributed by atoms with E-state index < -0.39 is 0 Å². The summed E-state index contributed by atoms with van der Waals surface area (Å²) in [7, 11) is 3.85. The molecule has 1 N–H and O–H groups in total.